The molecule has 0 bridgehead atoms. The Kier molecular flexibility index (Phi) is 8.96. The van der Waals surface area contributed by atoms with E-state index in [1.54, 1.807) is 56.3 Å². The van der Waals surface area contributed by atoms with Gasteiger partial charge in [-0.1, -0.05) is 41.7 Å². The molecular formula is C33H30N2O8S. The van der Waals surface area contributed by atoms with Gasteiger partial charge < -0.3 is 24.1 Å². The van der Waals surface area contributed by atoms with Crippen LogP contribution in [0.1, 0.15) is 46.9 Å². The summed E-state index contributed by atoms with van der Waals surface area (Å²) in [5.41, 5.74) is 2.51. The molecule has 5 rings (SSSR count). The molecule has 10 nitrogen and oxygen atoms in total. The first-order valence-corrected chi connectivity index (χ1v) is 14.5. The Labute approximate surface area is 256 Å². The third-order valence-corrected chi connectivity index (χ3v) is 8.03. The number of hydrogen-bond acceptors (Lipinski definition) is 9. The lowest BCUT2D eigenvalue weighted by Gasteiger charge is -2.26. The van der Waals surface area contributed by atoms with Crippen molar-refractivity contribution in [1.29, 1.82) is 0 Å². The first kappa shape index (κ1) is 30.3. The Bertz CT molecular complexity index is 1940. The molecule has 0 amide bonds. The molecule has 1 aliphatic rings. The van der Waals surface area contributed by atoms with Gasteiger partial charge in [0, 0.05) is 11.1 Å². The lowest BCUT2D eigenvalue weighted by Crippen LogP contribution is -2.40. The van der Waals surface area contributed by atoms with Crippen LogP contribution < -0.4 is 29.1 Å². The summed E-state index contributed by atoms with van der Waals surface area (Å²) in [6.07, 6.45) is 1.73. The molecule has 0 radical (unpaired) electrons. The minimum absolute atomic E-state index is 0.155. The van der Waals surface area contributed by atoms with Gasteiger partial charge in [-0.15, -0.1) is 0 Å². The van der Waals surface area contributed by atoms with E-state index >= 15 is 0 Å². The third-order valence-electron chi connectivity index (χ3n) is 7.05. The summed E-state index contributed by atoms with van der Waals surface area (Å²) in [6, 6.07) is 18.1. The van der Waals surface area contributed by atoms with Crippen LogP contribution in [0, 0.1) is 0 Å². The molecule has 0 saturated carbocycles. The maximum absolute atomic E-state index is 14.1. The van der Waals surface area contributed by atoms with Gasteiger partial charge in [-0.3, -0.25) is 9.36 Å². The van der Waals surface area contributed by atoms with Gasteiger partial charge in [-0.05, 0) is 61.9 Å². The van der Waals surface area contributed by atoms with Gasteiger partial charge in [0.05, 0.1) is 42.2 Å². The van der Waals surface area contributed by atoms with Gasteiger partial charge >= 0.3 is 11.9 Å². The molecule has 1 aromatic heterocycles. The number of nitrogens with zero attached hydrogens (tertiary/aromatic N) is 2. The van der Waals surface area contributed by atoms with Crippen LogP contribution in [0.2, 0.25) is 0 Å². The van der Waals surface area contributed by atoms with Crippen LogP contribution in [0.4, 0.5) is 0 Å². The van der Waals surface area contributed by atoms with Gasteiger partial charge in [0.15, 0.2) is 4.80 Å². The van der Waals surface area contributed by atoms with Gasteiger partial charge in [0.1, 0.15) is 29.9 Å². The van der Waals surface area contributed by atoms with Crippen LogP contribution in [0.25, 0.3) is 6.08 Å². The van der Waals surface area contributed by atoms with Crippen molar-refractivity contribution < 1.29 is 33.6 Å². The molecular weight excluding hydrogens is 584 g/mol. The molecule has 44 heavy (non-hydrogen) atoms. The summed E-state index contributed by atoms with van der Waals surface area (Å²) < 4.78 is 24.4. The molecule has 2 heterocycles. The number of carboxylic acids is 1. The molecule has 4 aromatic rings. The number of thiazole rings is 1. The second kappa shape index (κ2) is 13.0. The van der Waals surface area contributed by atoms with Crippen LogP contribution in [-0.2, 0) is 16.1 Å². The number of rotatable bonds is 10. The van der Waals surface area contributed by atoms with Crippen LogP contribution >= 0.6 is 11.3 Å². The molecule has 0 fully saturated rings. The average Bonchev–Trinajstić information content (AvgIpc) is 3.33. The Balaban J connectivity index is 1.60. The summed E-state index contributed by atoms with van der Waals surface area (Å²) in [7, 11) is 3.06. The molecule has 0 spiro atoms. The normalized spacial score (nSPS) is 14.5. The minimum Gasteiger partial charge on any atom is -0.497 e. The molecule has 1 N–H and O–H groups in total. The summed E-state index contributed by atoms with van der Waals surface area (Å²) in [6.45, 7) is 3.79. The molecule has 0 aliphatic carbocycles. The number of hydrogen-bond donors (Lipinski definition) is 1. The number of aromatic nitrogens is 1. The zero-order valence-electron chi connectivity index (χ0n) is 24.5. The van der Waals surface area contributed by atoms with Crippen LogP contribution in [-0.4, -0.2) is 42.4 Å². The molecule has 3 aromatic carbocycles. The topological polar surface area (TPSA) is 126 Å². The summed E-state index contributed by atoms with van der Waals surface area (Å²) in [4.78, 5) is 43.6. The van der Waals surface area contributed by atoms with Crippen molar-refractivity contribution in [2.75, 3.05) is 20.8 Å². The van der Waals surface area contributed by atoms with E-state index in [9.17, 15) is 14.4 Å². The number of aromatic carboxylic acids is 1. The number of para-hydroxylation sites is 1. The van der Waals surface area contributed by atoms with Gasteiger partial charge in [0.2, 0.25) is 0 Å². The molecule has 226 valence electrons. The number of esters is 1. The monoisotopic (exact) mass is 614 g/mol. The highest BCUT2D eigenvalue weighted by molar-refractivity contribution is 7.07. The number of benzene rings is 3. The third kappa shape index (κ3) is 6.00. The quantitative estimate of drug-likeness (QED) is 0.265. The number of fused-ring (bicyclic) bond motifs is 1. The SMILES string of the molecule is CCOC(=O)C1=C(C)N=c2s/c(=C\c3ccccc3OCc3ccc(C(=O)O)cc3)c(=O)n2[C@H]1c1cc(OC)ccc1OC. The van der Waals surface area contributed by atoms with Gasteiger partial charge in [-0.25, -0.2) is 14.6 Å². The fourth-order valence-electron chi connectivity index (χ4n) is 4.92. The predicted molar refractivity (Wildman–Crippen MR) is 164 cm³/mol. The second-order valence-corrected chi connectivity index (χ2v) is 10.7. The van der Waals surface area contributed by atoms with Crippen molar-refractivity contribution in [3.63, 3.8) is 0 Å². The van der Waals surface area contributed by atoms with E-state index in [0.29, 0.717) is 43.4 Å². The Hall–Kier alpha value is -5.16. The van der Waals surface area contributed by atoms with E-state index in [4.69, 9.17) is 24.1 Å². The lowest BCUT2D eigenvalue weighted by atomic mass is 9.94. The Morgan fingerprint density at radius 1 is 1.02 bits per heavy atom. The molecule has 1 atom stereocenters. The number of carbonyl (C=O) groups is 2. The highest BCUT2D eigenvalue weighted by Crippen LogP contribution is 2.37. The number of ether oxygens (including phenoxy) is 4. The molecule has 0 saturated heterocycles. The fraction of sp³-hybridized carbons (Fsp3) is 0.212. The summed E-state index contributed by atoms with van der Waals surface area (Å²) >= 11 is 1.20. The maximum atomic E-state index is 14.1. The predicted octanol–water partition coefficient (Wildman–Crippen LogP) is 4.09. The number of methoxy groups -OCH3 is 2. The number of carbonyl (C=O) groups excluding carboxylic acids is 1. The minimum atomic E-state index is -0.999. The molecule has 0 unspecified atom stereocenters. The first-order chi connectivity index (χ1) is 21.2. The largest absolute Gasteiger partial charge is 0.497 e. The zero-order valence-corrected chi connectivity index (χ0v) is 25.3. The van der Waals surface area contributed by atoms with Crippen LogP contribution in [0.15, 0.2) is 87.8 Å². The molecule has 11 heteroatoms. The van der Waals surface area contributed by atoms with Crippen LogP contribution in [0.3, 0.4) is 0 Å². The van der Waals surface area contributed by atoms with E-state index in [1.807, 2.05) is 18.2 Å². The smallest absolute Gasteiger partial charge is 0.338 e. The number of allylic oxidation sites excluding steroid dienone is 1. The van der Waals surface area contributed by atoms with Crippen molar-refractivity contribution in [2.45, 2.75) is 26.5 Å². The van der Waals surface area contributed by atoms with Crippen molar-refractivity contribution >= 4 is 29.4 Å². The average molecular weight is 615 g/mol. The van der Waals surface area contributed by atoms with Crippen molar-refractivity contribution in [1.82, 2.24) is 4.57 Å². The fourth-order valence-corrected chi connectivity index (χ4v) is 5.95. The van der Waals surface area contributed by atoms with E-state index in [1.165, 1.54) is 42.3 Å². The van der Waals surface area contributed by atoms with Gasteiger partial charge in [-0.2, -0.15) is 0 Å². The molecule has 1 aliphatic heterocycles. The second-order valence-electron chi connectivity index (χ2n) is 9.74. The summed E-state index contributed by atoms with van der Waals surface area (Å²) in [5.74, 6) is -0.0366. The van der Waals surface area contributed by atoms with Crippen LogP contribution in [0.5, 0.6) is 17.2 Å². The Morgan fingerprint density at radius 3 is 2.45 bits per heavy atom. The summed E-state index contributed by atoms with van der Waals surface area (Å²) in [5, 5.41) is 9.15. The zero-order chi connectivity index (χ0) is 31.4. The van der Waals surface area contributed by atoms with Gasteiger partial charge in [0.25, 0.3) is 5.56 Å². The first-order valence-electron chi connectivity index (χ1n) is 13.7. The number of carboxylic acid groups (broad SMARTS) is 1. The maximum Gasteiger partial charge on any atom is 0.338 e. The highest BCUT2D eigenvalue weighted by atomic mass is 32.1. The Morgan fingerprint density at radius 2 is 1.77 bits per heavy atom. The van der Waals surface area contributed by atoms with Crippen molar-refractivity contribution in [3.8, 4) is 17.2 Å². The van der Waals surface area contributed by atoms with E-state index in [2.05, 4.69) is 4.99 Å². The van der Waals surface area contributed by atoms with Crippen molar-refractivity contribution in [2.24, 2.45) is 4.99 Å². The van der Waals surface area contributed by atoms with E-state index in [0.717, 1.165) is 5.56 Å². The lowest BCUT2D eigenvalue weighted by molar-refractivity contribution is -0.139. The van der Waals surface area contributed by atoms with E-state index in [-0.39, 0.29) is 29.9 Å². The highest BCUT2D eigenvalue weighted by Gasteiger charge is 2.35. The van der Waals surface area contributed by atoms with Crippen molar-refractivity contribution in [3.05, 3.63) is 120 Å². The van der Waals surface area contributed by atoms with E-state index < -0.39 is 18.0 Å². The standard InChI is InChI=1S/C33H30N2O8S/c1-5-42-32(39)28-19(2)34-33-35(29(28)24-17-23(40-3)14-15-26(24)41-4)30(36)27(44-33)16-22-8-6-7-9-25(22)43-18-20-10-12-21(13-11-20)31(37)38/h6-17,29H,5,18H2,1-4H3,(H,37,38)/b27-16-/t29-/m0/s1.